The fraction of sp³-hybridized carbons (Fsp3) is 0.444. The minimum Gasteiger partial charge on any atom is -0.390 e. The summed E-state index contributed by atoms with van der Waals surface area (Å²) in [5.74, 6) is 0.195. The number of rotatable bonds is 1. The van der Waals surface area contributed by atoms with Crippen molar-refractivity contribution in [2.75, 3.05) is 0 Å². The quantitative estimate of drug-likeness (QED) is 0.673. The molecule has 1 N–H and O–H groups in total. The molecule has 64 valence electrons. The molecule has 0 bridgehead atoms. The molecule has 2 rings (SSSR count). The van der Waals surface area contributed by atoms with Gasteiger partial charge >= 0.3 is 0 Å². The van der Waals surface area contributed by atoms with Crippen molar-refractivity contribution in [3.05, 3.63) is 23.5 Å². The molecule has 0 radical (unpaired) electrons. The molecule has 0 atom stereocenters. The first-order chi connectivity index (χ1) is 5.83. The van der Waals surface area contributed by atoms with Crippen LogP contribution in [0.4, 0.5) is 0 Å². The first kappa shape index (κ1) is 7.55. The second-order valence-corrected chi connectivity index (χ2v) is 3.05. The van der Waals surface area contributed by atoms with Gasteiger partial charge < -0.3 is 9.67 Å². The molecule has 0 aliphatic carbocycles. The third-order valence-corrected chi connectivity index (χ3v) is 2.30. The van der Waals surface area contributed by atoms with Crippen molar-refractivity contribution in [2.45, 2.75) is 26.0 Å². The minimum atomic E-state index is 0.0211. The van der Waals surface area contributed by atoms with Gasteiger partial charge in [0.1, 0.15) is 0 Å². The second-order valence-electron chi connectivity index (χ2n) is 3.05. The summed E-state index contributed by atoms with van der Waals surface area (Å²) in [5.41, 5.74) is 1.60. The van der Waals surface area contributed by atoms with Crippen LogP contribution < -0.4 is 0 Å². The predicted molar refractivity (Wildman–Crippen MR) is 43.9 cm³/mol. The number of hydrogen-bond acceptors (Lipinski definition) is 2. The van der Waals surface area contributed by atoms with Gasteiger partial charge in [0.05, 0.1) is 12.3 Å². The van der Waals surface area contributed by atoms with Gasteiger partial charge in [0.2, 0.25) is 0 Å². The van der Waals surface area contributed by atoms with Gasteiger partial charge in [0.15, 0.2) is 5.78 Å². The van der Waals surface area contributed by atoms with Crippen LogP contribution in [-0.2, 0) is 13.2 Å². The standard InChI is InChI=1S/C9H11NO2/c11-6-7-3-4-8-9(12)2-1-5-10(7)8/h3-4,11H,1-2,5-6H2. The van der Waals surface area contributed by atoms with Gasteiger partial charge in [-0.25, -0.2) is 0 Å². The van der Waals surface area contributed by atoms with Gasteiger partial charge in [-0.2, -0.15) is 0 Å². The summed E-state index contributed by atoms with van der Waals surface area (Å²) in [6, 6.07) is 3.62. The number of aliphatic hydroxyl groups excluding tert-OH is 1. The van der Waals surface area contributed by atoms with E-state index in [-0.39, 0.29) is 12.4 Å². The Labute approximate surface area is 70.6 Å². The first-order valence-electron chi connectivity index (χ1n) is 4.15. The molecule has 0 aromatic carbocycles. The fourth-order valence-corrected chi connectivity index (χ4v) is 1.68. The zero-order valence-electron chi connectivity index (χ0n) is 6.79. The SMILES string of the molecule is O=C1CCCn2c(CO)ccc21. The lowest BCUT2D eigenvalue weighted by Gasteiger charge is -2.15. The summed E-state index contributed by atoms with van der Waals surface area (Å²) in [6.45, 7) is 0.886. The Hall–Kier alpha value is -1.09. The highest BCUT2D eigenvalue weighted by Crippen LogP contribution is 2.18. The number of carbonyl (C=O) groups is 1. The van der Waals surface area contributed by atoms with Crippen molar-refractivity contribution in [1.82, 2.24) is 4.57 Å². The van der Waals surface area contributed by atoms with Crippen molar-refractivity contribution in [3.8, 4) is 0 Å². The van der Waals surface area contributed by atoms with Gasteiger partial charge in [0, 0.05) is 18.7 Å². The van der Waals surface area contributed by atoms with Crippen molar-refractivity contribution >= 4 is 5.78 Å². The molecule has 0 spiro atoms. The first-order valence-corrected chi connectivity index (χ1v) is 4.15. The third kappa shape index (κ3) is 0.975. The van der Waals surface area contributed by atoms with Crippen LogP contribution in [0.5, 0.6) is 0 Å². The molecule has 1 aromatic heterocycles. The van der Waals surface area contributed by atoms with Crippen LogP contribution in [-0.4, -0.2) is 15.5 Å². The topological polar surface area (TPSA) is 42.2 Å². The Bertz CT molecular complexity index is 314. The Morgan fingerprint density at radius 2 is 2.33 bits per heavy atom. The molecule has 0 amide bonds. The molecule has 0 saturated heterocycles. The normalized spacial score (nSPS) is 16.2. The summed E-state index contributed by atoms with van der Waals surface area (Å²) in [6.07, 6.45) is 1.54. The largest absolute Gasteiger partial charge is 0.390 e. The average Bonchev–Trinajstić information content (AvgIpc) is 2.49. The van der Waals surface area contributed by atoms with E-state index < -0.39 is 0 Å². The highest BCUT2D eigenvalue weighted by Gasteiger charge is 2.18. The Kier molecular flexibility index (Phi) is 1.73. The lowest BCUT2D eigenvalue weighted by atomic mass is 10.1. The number of fused-ring (bicyclic) bond motifs is 1. The minimum absolute atomic E-state index is 0.0211. The lowest BCUT2D eigenvalue weighted by Crippen LogP contribution is -2.17. The molecule has 0 saturated carbocycles. The number of hydrogen-bond donors (Lipinski definition) is 1. The zero-order chi connectivity index (χ0) is 8.55. The highest BCUT2D eigenvalue weighted by molar-refractivity contribution is 5.95. The van der Waals surface area contributed by atoms with E-state index in [1.165, 1.54) is 0 Å². The van der Waals surface area contributed by atoms with Crippen molar-refractivity contribution < 1.29 is 9.90 Å². The number of nitrogens with zero attached hydrogens (tertiary/aromatic N) is 1. The van der Waals surface area contributed by atoms with Crippen LogP contribution in [0.3, 0.4) is 0 Å². The van der Waals surface area contributed by atoms with Gasteiger partial charge in [-0.1, -0.05) is 0 Å². The molecule has 2 heterocycles. The van der Waals surface area contributed by atoms with Crippen LogP contribution >= 0.6 is 0 Å². The summed E-state index contributed by atoms with van der Waals surface area (Å²) < 4.78 is 1.91. The maximum Gasteiger partial charge on any atom is 0.179 e. The maximum absolute atomic E-state index is 11.3. The maximum atomic E-state index is 11.3. The van der Waals surface area contributed by atoms with Crippen molar-refractivity contribution in [3.63, 3.8) is 0 Å². The van der Waals surface area contributed by atoms with Crippen LogP contribution in [0.15, 0.2) is 12.1 Å². The average molecular weight is 165 g/mol. The lowest BCUT2D eigenvalue weighted by molar-refractivity contribution is 0.0953. The van der Waals surface area contributed by atoms with E-state index in [1.807, 2.05) is 10.6 Å². The molecule has 1 aromatic rings. The summed E-state index contributed by atoms with van der Waals surface area (Å²) in [4.78, 5) is 11.3. The second kappa shape index (κ2) is 2.75. The molecular weight excluding hydrogens is 154 g/mol. The Morgan fingerprint density at radius 1 is 1.50 bits per heavy atom. The number of carbonyl (C=O) groups excluding carboxylic acids is 1. The zero-order valence-corrected chi connectivity index (χ0v) is 6.79. The number of aliphatic hydroxyl groups is 1. The van der Waals surface area contributed by atoms with Crippen LogP contribution in [0.1, 0.15) is 29.0 Å². The van der Waals surface area contributed by atoms with Crippen LogP contribution in [0, 0.1) is 0 Å². The van der Waals surface area contributed by atoms with Crippen LogP contribution in [0.2, 0.25) is 0 Å². The summed E-state index contributed by atoms with van der Waals surface area (Å²) in [7, 11) is 0. The molecule has 3 nitrogen and oxygen atoms in total. The molecule has 0 fully saturated rings. The molecule has 3 heteroatoms. The molecule has 1 aliphatic heterocycles. The molecule has 1 aliphatic rings. The van der Waals surface area contributed by atoms with Crippen LogP contribution in [0.25, 0.3) is 0 Å². The van der Waals surface area contributed by atoms with Gasteiger partial charge in [-0.05, 0) is 18.6 Å². The Balaban J connectivity index is 2.48. The van der Waals surface area contributed by atoms with Gasteiger partial charge in [-0.3, -0.25) is 4.79 Å². The molecular formula is C9H11NO2. The highest BCUT2D eigenvalue weighted by atomic mass is 16.3. The smallest absolute Gasteiger partial charge is 0.179 e. The van der Waals surface area contributed by atoms with Gasteiger partial charge in [0.25, 0.3) is 0 Å². The molecule has 12 heavy (non-hydrogen) atoms. The summed E-state index contributed by atoms with van der Waals surface area (Å²) in [5, 5.41) is 8.94. The van der Waals surface area contributed by atoms with Crippen molar-refractivity contribution in [2.24, 2.45) is 0 Å². The fourth-order valence-electron chi connectivity index (χ4n) is 1.68. The number of aromatic nitrogens is 1. The molecule has 0 unspecified atom stereocenters. The van der Waals surface area contributed by atoms with E-state index in [4.69, 9.17) is 5.11 Å². The number of Topliss-reactive ketones (excluding diaryl/α,β-unsaturated/α-hetero) is 1. The van der Waals surface area contributed by atoms with E-state index in [1.54, 1.807) is 6.07 Å². The van der Waals surface area contributed by atoms with E-state index in [2.05, 4.69) is 0 Å². The summed E-state index contributed by atoms with van der Waals surface area (Å²) >= 11 is 0. The Morgan fingerprint density at radius 3 is 3.08 bits per heavy atom. The van der Waals surface area contributed by atoms with E-state index in [0.717, 1.165) is 24.4 Å². The third-order valence-electron chi connectivity index (χ3n) is 2.30. The number of ketones is 1. The van der Waals surface area contributed by atoms with Crippen molar-refractivity contribution in [1.29, 1.82) is 0 Å². The van der Waals surface area contributed by atoms with Gasteiger partial charge in [-0.15, -0.1) is 0 Å². The monoisotopic (exact) mass is 165 g/mol. The van der Waals surface area contributed by atoms with E-state index in [9.17, 15) is 4.79 Å². The predicted octanol–water partition coefficient (Wildman–Crippen LogP) is 0.957. The van der Waals surface area contributed by atoms with E-state index >= 15 is 0 Å². The van der Waals surface area contributed by atoms with E-state index in [0.29, 0.717) is 6.42 Å².